The minimum atomic E-state index is 0.130. The van der Waals surface area contributed by atoms with E-state index in [4.69, 9.17) is 5.11 Å². The van der Waals surface area contributed by atoms with Gasteiger partial charge in [-0.05, 0) is 24.7 Å². The van der Waals surface area contributed by atoms with Gasteiger partial charge in [0.15, 0.2) is 0 Å². The highest BCUT2D eigenvalue weighted by Crippen LogP contribution is 2.10. The number of aliphatic hydroxyl groups excluding tert-OH is 1. The SMILES string of the molecule is CCN(CC)Cc1ccccc1C#CCCO. The van der Waals surface area contributed by atoms with Gasteiger partial charge < -0.3 is 5.11 Å². The second-order valence-corrected chi connectivity index (χ2v) is 3.89. The quantitative estimate of drug-likeness (QED) is 0.786. The van der Waals surface area contributed by atoms with E-state index in [2.05, 4.69) is 42.7 Å². The lowest BCUT2D eigenvalue weighted by Crippen LogP contribution is -2.22. The second kappa shape index (κ2) is 7.89. The normalized spacial score (nSPS) is 10.1. The Hall–Kier alpha value is -1.30. The summed E-state index contributed by atoms with van der Waals surface area (Å²) in [5.41, 5.74) is 2.34. The predicted octanol–water partition coefficient (Wildman–Crippen LogP) is 2.26. The topological polar surface area (TPSA) is 23.5 Å². The van der Waals surface area contributed by atoms with Gasteiger partial charge in [-0.3, -0.25) is 4.90 Å². The predicted molar refractivity (Wildman–Crippen MR) is 71.6 cm³/mol. The van der Waals surface area contributed by atoms with E-state index in [0.29, 0.717) is 6.42 Å². The lowest BCUT2D eigenvalue weighted by atomic mass is 10.1. The van der Waals surface area contributed by atoms with Gasteiger partial charge in [0.05, 0.1) is 6.61 Å². The first-order valence-electron chi connectivity index (χ1n) is 6.21. The van der Waals surface area contributed by atoms with Gasteiger partial charge in [-0.15, -0.1) is 0 Å². The molecule has 1 rings (SSSR count). The summed E-state index contributed by atoms with van der Waals surface area (Å²) in [6, 6.07) is 8.23. The highest BCUT2D eigenvalue weighted by atomic mass is 16.2. The lowest BCUT2D eigenvalue weighted by molar-refractivity contribution is 0.295. The van der Waals surface area contributed by atoms with Crippen molar-refractivity contribution in [1.29, 1.82) is 0 Å². The molecule has 0 saturated carbocycles. The molecule has 2 nitrogen and oxygen atoms in total. The van der Waals surface area contributed by atoms with E-state index in [1.807, 2.05) is 12.1 Å². The highest BCUT2D eigenvalue weighted by molar-refractivity contribution is 5.41. The standard InChI is InChI=1S/C15H21NO/c1-3-16(4-2)13-15-11-6-5-9-14(15)10-7-8-12-17/h5-6,9,11,17H,3-4,8,12-13H2,1-2H3. The maximum atomic E-state index is 8.72. The Morgan fingerprint density at radius 2 is 1.88 bits per heavy atom. The average molecular weight is 231 g/mol. The molecule has 2 heteroatoms. The van der Waals surface area contributed by atoms with Crippen LogP contribution >= 0.6 is 0 Å². The molecule has 0 spiro atoms. The van der Waals surface area contributed by atoms with Crippen LogP contribution in [0.25, 0.3) is 0 Å². The van der Waals surface area contributed by atoms with Gasteiger partial charge in [0.1, 0.15) is 0 Å². The number of benzene rings is 1. The molecule has 0 unspecified atom stereocenters. The Kier molecular flexibility index (Phi) is 6.39. The van der Waals surface area contributed by atoms with Crippen LogP contribution in [0, 0.1) is 11.8 Å². The molecule has 0 bridgehead atoms. The average Bonchev–Trinajstić information content (AvgIpc) is 2.38. The molecule has 0 aromatic heterocycles. The van der Waals surface area contributed by atoms with Gasteiger partial charge >= 0.3 is 0 Å². The fourth-order valence-corrected chi connectivity index (χ4v) is 1.68. The third-order valence-corrected chi connectivity index (χ3v) is 2.77. The van der Waals surface area contributed by atoms with Crippen LogP contribution in [-0.4, -0.2) is 29.7 Å². The van der Waals surface area contributed by atoms with Gasteiger partial charge in [-0.25, -0.2) is 0 Å². The third kappa shape index (κ3) is 4.60. The molecule has 0 amide bonds. The molecule has 0 atom stereocenters. The molecule has 1 aromatic carbocycles. The maximum Gasteiger partial charge on any atom is 0.0540 e. The van der Waals surface area contributed by atoms with E-state index in [0.717, 1.165) is 25.2 Å². The Bertz CT molecular complexity index is 385. The Balaban J connectivity index is 2.81. The summed E-state index contributed by atoms with van der Waals surface area (Å²) in [6.07, 6.45) is 0.541. The van der Waals surface area contributed by atoms with Crippen molar-refractivity contribution in [3.8, 4) is 11.8 Å². The zero-order valence-electron chi connectivity index (χ0n) is 10.7. The maximum absolute atomic E-state index is 8.72. The van der Waals surface area contributed by atoms with Crippen LogP contribution in [0.15, 0.2) is 24.3 Å². The first-order valence-corrected chi connectivity index (χ1v) is 6.21. The van der Waals surface area contributed by atoms with Crippen molar-refractivity contribution >= 4 is 0 Å². The fourth-order valence-electron chi connectivity index (χ4n) is 1.68. The number of aliphatic hydroxyl groups is 1. The fraction of sp³-hybridized carbons (Fsp3) is 0.467. The molecule has 0 fully saturated rings. The molecule has 1 N–H and O–H groups in total. The molecule has 0 aliphatic rings. The molecule has 0 aliphatic heterocycles. The summed E-state index contributed by atoms with van der Waals surface area (Å²) in [6.45, 7) is 7.51. The zero-order valence-corrected chi connectivity index (χ0v) is 10.7. The van der Waals surface area contributed by atoms with Crippen LogP contribution in [0.3, 0.4) is 0 Å². The zero-order chi connectivity index (χ0) is 12.5. The van der Waals surface area contributed by atoms with Crippen LogP contribution in [0.5, 0.6) is 0 Å². The smallest absolute Gasteiger partial charge is 0.0540 e. The molecule has 0 saturated heterocycles. The van der Waals surface area contributed by atoms with Crippen LogP contribution in [0.4, 0.5) is 0 Å². The van der Waals surface area contributed by atoms with Crippen molar-refractivity contribution in [2.45, 2.75) is 26.8 Å². The monoisotopic (exact) mass is 231 g/mol. The Morgan fingerprint density at radius 3 is 2.53 bits per heavy atom. The number of hydrogen-bond donors (Lipinski definition) is 1. The molecule has 17 heavy (non-hydrogen) atoms. The molecule has 0 radical (unpaired) electrons. The van der Waals surface area contributed by atoms with Crippen molar-refractivity contribution in [3.05, 3.63) is 35.4 Å². The minimum Gasteiger partial charge on any atom is -0.395 e. The summed E-state index contributed by atoms with van der Waals surface area (Å²) < 4.78 is 0. The highest BCUT2D eigenvalue weighted by Gasteiger charge is 2.03. The van der Waals surface area contributed by atoms with Gasteiger partial charge in [0, 0.05) is 18.5 Å². The summed E-state index contributed by atoms with van der Waals surface area (Å²) in [5, 5.41) is 8.72. The lowest BCUT2D eigenvalue weighted by Gasteiger charge is -2.18. The molecule has 92 valence electrons. The summed E-state index contributed by atoms with van der Waals surface area (Å²) in [4.78, 5) is 2.37. The first kappa shape index (κ1) is 13.8. The molecule has 0 aliphatic carbocycles. The van der Waals surface area contributed by atoms with E-state index in [1.54, 1.807) is 0 Å². The second-order valence-electron chi connectivity index (χ2n) is 3.89. The van der Waals surface area contributed by atoms with Gasteiger partial charge in [-0.2, -0.15) is 0 Å². The van der Waals surface area contributed by atoms with Gasteiger partial charge in [-0.1, -0.05) is 43.9 Å². The van der Waals surface area contributed by atoms with E-state index in [-0.39, 0.29) is 6.61 Å². The number of rotatable bonds is 5. The van der Waals surface area contributed by atoms with Crippen molar-refractivity contribution in [1.82, 2.24) is 4.90 Å². The molecule has 1 aromatic rings. The Morgan fingerprint density at radius 1 is 1.18 bits per heavy atom. The van der Waals surface area contributed by atoms with E-state index in [9.17, 15) is 0 Å². The summed E-state index contributed by atoms with van der Waals surface area (Å²) in [5.74, 6) is 6.11. The minimum absolute atomic E-state index is 0.130. The van der Waals surface area contributed by atoms with E-state index in [1.165, 1.54) is 5.56 Å². The van der Waals surface area contributed by atoms with Crippen molar-refractivity contribution < 1.29 is 5.11 Å². The summed E-state index contributed by atoms with van der Waals surface area (Å²) in [7, 11) is 0. The van der Waals surface area contributed by atoms with Crippen molar-refractivity contribution in [3.63, 3.8) is 0 Å². The van der Waals surface area contributed by atoms with Gasteiger partial charge in [0.25, 0.3) is 0 Å². The van der Waals surface area contributed by atoms with Crippen LogP contribution in [0.1, 0.15) is 31.4 Å². The van der Waals surface area contributed by atoms with Crippen LogP contribution in [-0.2, 0) is 6.54 Å². The largest absolute Gasteiger partial charge is 0.395 e. The van der Waals surface area contributed by atoms with Crippen LogP contribution < -0.4 is 0 Å². The van der Waals surface area contributed by atoms with E-state index >= 15 is 0 Å². The summed E-state index contributed by atoms with van der Waals surface area (Å²) >= 11 is 0. The molecular formula is C15H21NO. The number of hydrogen-bond acceptors (Lipinski definition) is 2. The molecular weight excluding hydrogens is 210 g/mol. The Labute approximate surface area is 104 Å². The third-order valence-electron chi connectivity index (χ3n) is 2.77. The number of nitrogens with zero attached hydrogens (tertiary/aromatic N) is 1. The first-order chi connectivity index (χ1) is 8.31. The van der Waals surface area contributed by atoms with Gasteiger partial charge in [0.2, 0.25) is 0 Å². The molecule has 0 heterocycles. The van der Waals surface area contributed by atoms with Crippen molar-refractivity contribution in [2.24, 2.45) is 0 Å². The van der Waals surface area contributed by atoms with E-state index < -0.39 is 0 Å². The van der Waals surface area contributed by atoms with Crippen LogP contribution in [0.2, 0.25) is 0 Å². The van der Waals surface area contributed by atoms with Crippen molar-refractivity contribution in [2.75, 3.05) is 19.7 Å².